The Hall–Kier alpha value is -3.15. The molecule has 3 atom stereocenters. The van der Waals surface area contributed by atoms with Crippen LogP contribution in [0.5, 0.6) is 0 Å². The first-order chi connectivity index (χ1) is 18.1. The fourth-order valence-corrected chi connectivity index (χ4v) is 7.82. The van der Waals surface area contributed by atoms with Crippen LogP contribution >= 0.6 is 23.2 Å². The Labute approximate surface area is 232 Å². The standard InChI is InChI=1S/C31H28Cl2N2O3/c1-4-18-13-15-19(16-14-18)34-27(36)26(17(2)3)35-28(37)24-25(29(35)38)31(33)21-10-6-5-9-20(21)30(24,32)22-11-7-8-12-23(22)31/h5-17,24-26H,4H2,1-3H3,(H,34,36)/t24-,25-,26-,30?,31?/m0/s1. The van der Waals surface area contributed by atoms with Gasteiger partial charge < -0.3 is 5.32 Å². The molecule has 0 aromatic heterocycles. The van der Waals surface area contributed by atoms with Crippen molar-refractivity contribution >= 4 is 46.6 Å². The van der Waals surface area contributed by atoms with Crippen LogP contribution in [0, 0.1) is 17.8 Å². The number of hydrogen-bond donors (Lipinski definition) is 1. The summed E-state index contributed by atoms with van der Waals surface area (Å²) in [6.45, 7) is 5.72. The highest BCUT2D eigenvalue weighted by Gasteiger charge is 2.73. The van der Waals surface area contributed by atoms with Gasteiger partial charge in [0, 0.05) is 5.69 Å². The number of hydrogen-bond acceptors (Lipinski definition) is 3. The number of carbonyl (C=O) groups is 3. The minimum atomic E-state index is -1.27. The summed E-state index contributed by atoms with van der Waals surface area (Å²) in [5.74, 6) is -3.54. The number of nitrogens with zero attached hydrogens (tertiary/aromatic N) is 1. The molecule has 3 amide bonds. The van der Waals surface area contributed by atoms with E-state index in [1.807, 2.05) is 86.6 Å². The highest BCUT2D eigenvalue weighted by atomic mass is 35.5. The number of rotatable bonds is 5. The molecular weight excluding hydrogens is 519 g/mol. The highest BCUT2D eigenvalue weighted by molar-refractivity contribution is 6.36. The van der Waals surface area contributed by atoms with Gasteiger partial charge in [-0.15, -0.1) is 23.2 Å². The molecule has 1 fully saturated rings. The van der Waals surface area contributed by atoms with Gasteiger partial charge in [0.1, 0.15) is 15.8 Å². The largest absolute Gasteiger partial charge is 0.324 e. The zero-order chi connectivity index (χ0) is 27.0. The number of anilines is 1. The number of alkyl halides is 2. The molecule has 3 aromatic carbocycles. The molecular formula is C31H28Cl2N2O3. The molecule has 7 rings (SSSR count). The monoisotopic (exact) mass is 546 g/mol. The van der Waals surface area contributed by atoms with Crippen LogP contribution < -0.4 is 5.32 Å². The number of nitrogens with one attached hydrogen (secondary N) is 1. The van der Waals surface area contributed by atoms with Gasteiger partial charge in [0.15, 0.2) is 0 Å². The second kappa shape index (κ2) is 8.69. The van der Waals surface area contributed by atoms with E-state index in [9.17, 15) is 14.4 Å². The van der Waals surface area contributed by atoms with Crippen LogP contribution in [0.2, 0.25) is 0 Å². The molecule has 2 bridgehead atoms. The summed E-state index contributed by atoms with van der Waals surface area (Å²) in [5, 5.41) is 2.91. The Balaban J connectivity index is 1.45. The summed E-state index contributed by atoms with van der Waals surface area (Å²) in [4.78, 5) is 40.8. The zero-order valence-corrected chi connectivity index (χ0v) is 22.9. The van der Waals surface area contributed by atoms with Gasteiger partial charge in [-0.2, -0.15) is 0 Å². The first kappa shape index (κ1) is 25.1. The van der Waals surface area contributed by atoms with Crippen LogP contribution in [0.4, 0.5) is 5.69 Å². The molecule has 1 N–H and O–H groups in total. The number of imide groups is 1. The summed E-state index contributed by atoms with van der Waals surface area (Å²) in [5.41, 5.74) is 4.70. The summed E-state index contributed by atoms with van der Waals surface area (Å²) < 4.78 is 0. The number of amides is 3. The van der Waals surface area contributed by atoms with Gasteiger partial charge in [0.25, 0.3) is 0 Å². The summed E-state index contributed by atoms with van der Waals surface area (Å²) in [7, 11) is 0. The number of likely N-dealkylation sites (tertiary alicyclic amines) is 1. The van der Waals surface area contributed by atoms with Crippen molar-refractivity contribution in [3.05, 3.63) is 101 Å². The van der Waals surface area contributed by atoms with Gasteiger partial charge in [-0.1, -0.05) is 81.4 Å². The molecule has 0 spiro atoms. The summed E-state index contributed by atoms with van der Waals surface area (Å²) in [6, 6.07) is 21.6. The summed E-state index contributed by atoms with van der Waals surface area (Å²) >= 11 is 15.0. The van der Waals surface area contributed by atoms with Crippen molar-refractivity contribution in [1.29, 1.82) is 0 Å². The van der Waals surface area contributed by atoms with Gasteiger partial charge >= 0.3 is 0 Å². The molecule has 7 heteroatoms. The molecule has 3 aromatic rings. The molecule has 5 nitrogen and oxygen atoms in total. The molecule has 1 aliphatic heterocycles. The number of halogens is 2. The van der Waals surface area contributed by atoms with Crippen LogP contribution in [0.15, 0.2) is 72.8 Å². The van der Waals surface area contributed by atoms with E-state index in [0.717, 1.165) is 39.1 Å². The van der Waals surface area contributed by atoms with Gasteiger partial charge in [-0.3, -0.25) is 19.3 Å². The Morgan fingerprint density at radius 2 is 1.24 bits per heavy atom. The van der Waals surface area contributed by atoms with Gasteiger partial charge in [-0.05, 0) is 52.3 Å². The molecule has 3 aliphatic carbocycles. The fourth-order valence-electron chi connectivity index (χ4n) is 6.72. The van der Waals surface area contributed by atoms with E-state index in [1.54, 1.807) is 0 Å². The van der Waals surface area contributed by atoms with Crippen molar-refractivity contribution in [3.63, 3.8) is 0 Å². The van der Waals surface area contributed by atoms with Gasteiger partial charge in [-0.25, -0.2) is 0 Å². The SMILES string of the molecule is CCc1ccc(NC(=O)[C@H](C(C)C)N2C(=O)[C@@H]3[C@@H](C2=O)C2(Cl)c4ccccc4C3(Cl)c3ccccc32)cc1. The van der Waals surface area contributed by atoms with Crippen LogP contribution in [-0.2, 0) is 30.6 Å². The van der Waals surface area contributed by atoms with E-state index < -0.39 is 45.3 Å². The zero-order valence-electron chi connectivity index (χ0n) is 21.4. The van der Waals surface area contributed by atoms with E-state index in [0.29, 0.717) is 5.69 Å². The number of aryl methyl sites for hydroxylation is 1. The Kier molecular flexibility index (Phi) is 5.75. The first-order valence-electron chi connectivity index (χ1n) is 13.0. The molecule has 38 heavy (non-hydrogen) atoms. The number of carbonyl (C=O) groups excluding carboxylic acids is 3. The van der Waals surface area contributed by atoms with E-state index in [1.165, 1.54) is 0 Å². The molecule has 0 radical (unpaired) electrons. The van der Waals surface area contributed by atoms with Gasteiger partial charge in [0.2, 0.25) is 17.7 Å². The maximum atomic E-state index is 14.3. The van der Waals surface area contributed by atoms with Crippen molar-refractivity contribution in [2.45, 2.75) is 43.0 Å². The minimum absolute atomic E-state index is 0.335. The minimum Gasteiger partial charge on any atom is -0.324 e. The Morgan fingerprint density at radius 3 is 1.61 bits per heavy atom. The van der Waals surface area contributed by atoms with Crippen LogP contribution in [0.3, 0.4) is 0 Å². The normalized spacial score (nSPS) is 27.7. The van der Waals surface area contributed by atoms with Crippen LogP contribution in [0.1, 0.15) is 48.6 Å². The predicted octanol–water partition coefficient (Wildman–Crippen LogP) is 5.81. The van der Waals surface area contributed by atoms with E-state index in [2.05, 4.69) is 12.2 Å². The molecule has 0 saturated carbocycles. The second-order valence-electron chi connectivity index (χ2n) is 10.7. The third-order valence-corrected chi connectivity index (χ3v) is 9.71. The van der Waals surface area contributed by atoms with Gasteiger partial charge in [0.05, 0.1) is 11.8 Å². The van der Waals surface area contributed by atoms with Crippen LogP contribution in [0.25, 0.3) is 0 Å². The second-order valence-corrected chi connectivity index (χ2v) is 11.9. The molecule has 4 aliphatic rings. The van der Waals surface area contributed by atoms with E-state index >= 15 is 0 Å². The fraction of sp³-hybridized carbons (Fsp3) is 0.323. The Bertz CT molecular complexity index is 1360. The average molecular weight is 547 g/mol. The van der Waals surface area contributed by atoms with Crippen molar-refractivity contribution in [2.75, 3.05) is 5.32 Å². The quantitative estimate of drug-likeness (QED) is 0.324. The average Bonchev–Trinajstić information content (AvgIpc) is 3.18. The van der Waals surface area contributed by atoms with Crippen molar-refractivity contribution in [1.82, 2.24) is 4.90 Å². The topological polar surface area (TPSA) is 66.5 Å². The highest BCUT2D eigenvalue weighted by Crippen LogP contribution is 2.69. The maximum absolute atomic E-state index is 14.3. The first-order valence-corrected chi connectivity index (χ1v) is 13.8. The lowest BCUT2D eigenvalue weighted by molar-refractivity contribution is -0.148. The number of benzene rings is 3. The summed E-state index contributed by atoms with van der Waals surface area (Å²) in [6.07, 6.45) is 0.882. The van der Waals surface area contributed by atoms with E-state index in [-0.39, 0.29) is 5.92 Å². The molecule has 0 unspecified atom stereocenters. The lowest BCUT2D eigenvalue weighted by Gasteiger charge is -2.54. The third-order valence-electron chi connectivity index (χ3n) is 8.43. The van der Waals surface area contributed by atoms with Crippen molar-refractivity contribution in [2.24, 2.45) is 17.8 Å². The molecule has 194 valence electrons. The third kappa shape index (κ3) is 3.15. The lowest BCUT2D eigenvalue weighted by atomic mass is 9.54. The Morgan fingerprint density at radius 1 is 0.816 bits per heavy atom. The molecule has 1 saturated heterocycles. The van der Waals surface area contributed by atoms with Crippen molar-refractivity contribution < 1.29 is 14.4 Å². The predicted molar refractivity (Wildman–Crippen MR) is 148 cm³/mol. The maximum Gasteiger partial charge on any atom is 0.247 e. The smallest absolute Gasteiger partial charge is 0.247 e. The van der Waals surface area contributed by atoms with E-state index in [4.69, 9.17) is 23.2 Å². The lowest BCUT2D eigenvalue weighted by Crippen LogP contribution is -2.57. The van der Waals surface area contributed by atoms with Crippen LogP contribution in [-0.4, -0.2) is 28.7 Å². The molecule has 1 heterocycles. The van der Waals surface area contributed by atoms with Crippen molar-refractivity contribution in [3.8, 4) is 0 Å².